The van der Waals surface area contributed by atoms with Crippen molar-refractivity contribution >= 4 is 6.03 Å². The molecule has 0 spiro atoms. The summed E-state index contributed by atoms with van der Waals surface area (Å²) in [5.74, 6) is 0.521. The van der Waals surface area contributed by atoms with E-state index in [2.05, 4.69) is 5.32 Å². The summed E-state index contributed by atoms with van der Waals surface area (Å²) in [6.45, 7) is 2.38. The Kier molecular flexibility index (Phi) is 2.91. The van der Waals surface area contributed by atoms with Gasteiger partial charge in [-0.25, -0.2) is 4.79 Å². The first-order valence-electron chi connectivity index (χ1n) is 5.57. The Balaban J connectivity index is 2.02. The summed E-state index contributed by atoms with van der Waals surface area (Å²) in [5.41, 5.74) is 5.75. The van der Waals surface area contributed by atoms with Crippen LogP contribution in [0.25, 0.3) is 0 Å². The highest BCUT2D eigenvalue weighted by Gasteiger charge is 2.34. The molecule has 0 bridgehead atoms. The van der Waals surface area contributed by atoms with Crippen LogP contribution < -0.4 is 11.1 Å². The van der Waals surface area contributed by atoms with Crippen molar-refractivity contribution in [1.29, 1.82) is 0 Å². The van der Waals surface area contributed by atoms with Gasteiger partial charge in [-0.05, 0) is 25.3 Å². The average molecular weight is 197 g/mol. The van der Waals surface area contributed by atoms with Crippen LogP contribution in [0.4, 0.5) is 4.79 Å². The smallest absolute Gasteiger partial charge is 0.317 e. The molecule has 80 valence electrons. The molecule has 2 fully saturated rings. The third-order valence-electron chi connectivity index (χ3n) is 3.46. The molecule has 2 rings (SSSR count). The monoisotopic (exact) mass is 197 g/mol. The second-order valence-electron chi connectivity index (χ2n) is 4.27. The SMILES string of the molecule is NCC1CCCCC1N1CCNC1=O. The zero-order valence-corrected chi connectivity index (χ0v) is 8.54. The van der Waals surface area contributed by atoms with Crippen molar-refractivity contribution in [3.63, 3.8) is 0 Å². The molecule has 1 heterocycles. The standard InChI is InChI=1S/C10H19N3O/c11-7-8-3-1-2-4-9(8)13-6-5-12-10(13)14/h8-9H,1-7,11H2,(H,12,14). The Bertz CT molecular complexity index is 219. The van der Waals surface area contributed by atoms with E-state index >= 15 is 0 Å². The molecule has 1 saturated heterocycles. The van der Waals surface area contributed by atoms with Gasteiger partial charge in [0.2, 0.25) is 0 Å². The summed E-state index contributed by atoms with van der Waals surface area (Å²) in [6, 6.07) is 0.506. The van der Waals surface area contributed by atoms with Crippen LogP contribution in [0.3, 0.4) is 0 Å². The molecule has 1 saturated carbocycles. The number of nitrogens with two attached hydrogens (primary N) is 1. The van der Waals surface area contributed by atoms with Gasteiger partial charge in [-0.3, -0.25) is 0 Å². The van der Waals surface area contributed by atoms with Gasteiger partial charge in [-0.2, -0.15) is 0 Å². The maximum atomic E-state index is 11.5. The molecule has 1 aliphatic carbocycles. The highest BCUT2D eigenvalue weighted by Crippen LogP contribution is 2.28. The maximum Gasteiger partial charge on any atom is 0.317 e. The number of amides is 2. The number of hydrogen-bond acceptors (Lipinski definition) is 2. The van der Waals surface area contributed by atoms with E-state index in [1.165, 1.54) is 19.3 Å². The molecular weight excluding hydrogens is 178 g/mol. The van der Waals surface area contributed by atoms with E-state index in [4.69, 9.17) is 5.73 Å². The van der Waals surface area contributed by atoms with E-state index in [9.17, 15) is 4.79 Å². The molecular formula is C10H19N3O. The average Bonchev–Trinajstić information content (AvgIpc) is 2.64. The summed E-state index contributed by atoms with van der Waals surface area (Å²) >= 11 is 0. The van der Waals surface area contributed by atoms with E-state index < -0.39 is 0 Å². The lowest BCUT2D eigenvalue weighted by Gasteiger charge is -2.36. The molecule has 0 aromatic rings. The first-order chi connectivity index (χ1) is 6.83. The fourth-order valence-electron chi connectivity index (χ4n) is 2.68. The lowest BCUT2D eigenvalue weighted by atomic mass is 9.84. The first-order valence-corrected chi connectivity index (χ1v) is 5.57. The number of urea groups is 1. The Labute approximate surface area is 84.8 Å². The highest BCUT2D eigenvalue weighted by atomic mass is 16.2. The Morgan fingerprint density at radius 2 is 2.21 bits per heavy atom. The van der Waals surface area contributed by atoms with Gasteiger partial charge >= 0.3 is 6.03 Å². The van der Waals surface area contributed by atoms with Gasteiger partial charge in [-0.15, -0.1) is 0 Å². The van der Waals surface area contributed by atoms with Crippen LogP contribution in [0.15, 0.2) is 0 Å². The normalized spacial score (nSPS) is 33.2. The van der Waals surface area contributed by atoms with Crippen LogP contribution in [0.2, 0.25) is 0 Å². The van der Waals surface area contributed by atoms with E-state index in [1.54, 1.807) is 0 Å². The van der Waals surface area contributed by atoms with Gasteiger partial charge in [0.05, 0.1) is 0 Å². The highest BCUT2D eigenvalue weighted by molar-refractivity contribution is 5.76. The minimum absolute atomic E-state index is 0.107. The van der Waals surface area contributed by atoms with Crippen molar-refractivity contribution in [2.24, 2.45) is 11.7 Å². The zero-order valence-electron chi connectivity index (χ0n) is 8.54. The number of carbonyl (C=O) groups is 1. The zero-order chi connectivity index (χ0) is 9.97. The number of hydrogen-bond donors (Lipinski definition) is 2. The molecule has 2 unspecified atom stereocenters. The van der Waals surface area contributed by atoms with Crippen LogP contribution in [-0.2, 0) is 0 Å². The molecule has 2 aliphatic rings. The van der Waals surface area contributed by atoms with Crippen molar-refractivity contribution in [2.45, 2.75) is 31.7 Å². The maximum absolute atomic E-state index is 11.5. The van der Waals surface area contributed by atoms with Crippen molar-refractivity contribution in [3.05, 3.63) is 0 Å². The minimum Gasteiger partial charge on any atom is -0.336 e. The molecule has 0 aromatic heterocycles. The van der Waals surface area contributed by atoms with Crippen molar-refractivity contribution in [2.75, 3.05) is 19.6 Å². The molecule has 2 atom stereocenters. The first kappa shape index (κ1) is 9.77. The summed E-state index contributed by atoms with van der Waals surface area (Å²) in [6.07, 6.45) is 4.83. The second-order valence-corrected chi connectivity index (χ2v) is 4.27. The van der Waals surface area contributed by atoms with E-state index in [1.807, 2.05) is 4.90 Å². The fraction of sp³-hybridized carbons (Fsp3) is 0.900. The molecule has 3 N–H and O–H groups in total. The predicted octanol–water partition coefficient (Wildman–Crippen LogP) is 0.529. The van der Waals surface area contributed by atoms with Crippen molar-refractivity contribution in [1.82, 2.24) is 10.2 Å². The number of nitrogens with zero attached hydrogens (tertiary/aromatic N) is 1. The van der Waals surface area contributed by atoms with Crippen LogP contribution in [0, 0.1) is 5.92 Å². The fourth-order valence-corrected chi connectivity index (χ4v) is 2.68. The van der Waals surface area contributed by atoms with Gasteiger partial charge in [-0.1, -0.05) is 12.8 Å². The summed E-state index contributed by atoms with van der Waals surface area (Å²) in [4.78, 5) is 13.5. The molecule has 1 aliphatic heterocycles. The molecule has 4 heteroatoms. The lowest BCUT2D eigenvalue weighted by molar-refractivity contribution is 0.143. The summed E-state index contributed by atoms with van der Waals surface area (Å²) < 4.78 is 0. The van der Waals surface area contributed by atoms with Crippen molar-refractivity contribution < 1.29 is 4.79 Å². The predicted molar refractivity (Wildman–Crippen MR) is 54.9 cm³/mol. The Morgan fingerprint density at radius 3 is 2.86 bits per heavy atom. The van der Waals surface area contributed by atoms with Crippen molar-refractivity contribution in [3.8, 4) is 0 Å². The van der Waals surface area contributed by atoms with E-state index in [-0.39, 0.29) is 6.03 Å². The van der Waals surface area contributed by atoms with Crippen LogP contribution >= 0.6 is 0 Å². The third-order valence-corrected chi connectivity index (χ3v) is 3.46. The Hall–Kier alpha value is -0.770. The molecule has 0 radical (unpaired) electrons. The van der Waals surface area contributed by atoms with Gasteiger partial charge in [0.25, 0.3) is 0 Å². The molecule has 4 nitrogen and oxygen atoms in total. The van der Waals surface area contributed by atoms with Gasteiger partial charge in [0.1, 0.15) is 0 Å². The minimum atomic E-state index is 0.107. The van der Waals surface area contributed by atoms with Gasteiger partial charge in [0.15, 0.2) is 0 Å². The summed E-state index contributed by atoms with van der Waals surface area (Å²) in [7, 11) is 0. The largest absolute Gasteiger partial charge is 0.336 e. The van der Waals surface area contributed by atoms with E-state index in [0.717, 1.165) is 19.5 Å². The third kappa shape index (κ3) is 1.71. The van der Waals surface area contributed by atoms with Crippen LogP contribution in [0.1, 0.15) is 25.7 Å². The quantitative estimate of drug-likeness (QED) is 0.678. The van der Waals surface area contributed by atoms with Gasteiger partial charge < -0.3 is 16.0 Å². The topological polar surface area (TPSA) is 58.4 Å². The van der Waals surface area contributed by atoms with Crippen LogP contribution in [0.5, 0.6) is 0 Å². The Morgan fingerprint density at radius 1 is 1.43 bits per heavy atom. The number of rotatable bonds is 2. The van der Waals surface area contributed by atoms with E-state index in [0.29, 0.717) is 18.5 Å². The lowest BCUT2D eigenvalue weighted by Crippen LogP contribution is -2.46. The second kappa shape index (κ2) is 4.17. The number of nitrogens with one attached hydrogen (secondary N) is 1. The molecule has 14 heavy (non-hydrogen) atoms. The number of carbonyl (C=O) groups excluding carboxylic acids is 1. The van der Waals surface area contributed by atoms with Gasteiger partial charge in [0, 0.05) is 19.1 Å². The molecule has 0 aromatic carbocycles. The summed E-state index contributed by atoms with van der Waals surface area (Å²) in [5, 5.41) is 2.86. The van der Waals surface area contributed by atoms with Crippen LogP contribution in [-0.4, -0.2) is 36.6 Å². The molecule has 2 amide bonds.